The van der Waals surface area contributed by atoms with Crippen LogP contribution >= 0.6 is 27.7 Å². The molecule has 0 aliphatic rings. The highest BCUT2D eigenvalue weighted by Gasteiger charge is 2.11. The Morgan fingerprint density at radius 2 is 1.84 bits per heavy atom. The smallest absolute Gasteiger partial charge is 0.0393 e. The number of thioether (sulfide) groups is 1. The van der Waals surface area contributed by atoms with E-state index in [1.165, 1.54) is 21.6 Å². The third kappa shape index (κ3) is 3.62. The van der Waals surface area contributed by atoms with Crippen LogP contribution in [0.4, 0.5) is 0 Å². The van der Waals surface area contributed by atoms with Crippen molar-refractivity contribution in [1.29, 1.82) is 0 Å². The summed E-state index contributed by atoms with van der Waals surface area (Å²) in [5, 5.41) is 0. The van der Waals surface area contributed by atoms with E-state index in [-0.39, 0.29) is 6.04 Å². The molecule has 0 aliphatic heterocycles. The van der Waals surface area contributed by atoms with Crippen LogP contribution in [0, 0.1) is 13.8 Å². The quantitative estimate of drug-likeness (QED) is 0.807. The lowest BCUT2D eigenvalue weighted by atomic mass is 9.99. The maximum absolute atomic E-state index is 6.33. The lowest BCUT2D eigenvalue weighted by Gasteiger charge is -2.16. The molecule has 2 aromatic carbocycles. The van der Waals surface area contributed by atoms with Gasteiger partial charge >= 0.3 is 0 Å². The molecule has 1 unspecified atom stereocenters. The molecule has 0 saturated heterocycles. The molecule has 0 fully saturated rings. The van der Waals surface area contributed by atoms with Gasteiger partial charge in [-0.05, 0) is 58.6 Å². The minimum atomic E-state index is 0.0667. The molecule has 0 heterocycles. The third-order valence-corrected chi connectivity index (χ3v) is 5.45. The Morgan fingerprint density at radius 1 is 1.11 bits per heavy atom. The van der Waals surface area contributed by atoms with Gasteiger partial charge in [0, 0.05) is 21.2 Å². The van der Waals surface area contributed by atoms with Crippen molar-refractivity contribution in [2.75, 3.05) is 5.75 Å². The molecule has 0 radical (unpaired) electrons. The summed E-state index contributed by atoms with van der Waals surface area (Å²) in [5.74, 6) is 0.882. The molecule has 0 saturated carbocycles. The van der Waals surface area contributed by atoms with E-state index in [0.717, 1.165) is 10.2 Å². The molecule has 2 N–H and O–H groups in total. The largest absolute Gasteiger partial charge is 0.323 e. The standard InChI is InChI=1S/C16H18BrNS/c1-11-6-5-7-13(12(11)2)15(18)10-19-16-9-4-3-8-14(16)17/h3-9,15H,10,18H2,1-2H3. The molecule has 0 aromatic heterocycles. The molecule has 1 nitrogen and oxygen atoms in total. The highest BCUT2D eigenvalue weighted by atomic mass is 79.9. The number of nitrogens with two attached hydrogens (primary N) is 1. The minimum absolute atomic E-state index is 0.0667. The van der Waals surface area contributed by atoms with E-state index in [4.69, 9.17) is 5.73 Å². The number of rotatable bonds is 4. The molecule has 0 amide bonds. The normalized spacial score (nSPS) is 12.4. The second kappa shape index (κ2) is 6.60. The first-order chi connectivity index (χ1) is 9.09. The molecule has 2 aromatic rings. The Hall–Kier alpha value is -0.770. The molecule has 0 bridgehead atoms. The van der Waals surface area contributed by atoms with Crippen LogP contribution in [0.15, 0.2) is 51.8 Å². The van der Waals surface area contributed by atoms with E-state index < -0.39 is 0 Å². The first-order valence-electron chi connectivity index (χ1n) is 6.28. The van der Waals surface area contributed by atoms with Crippen LogP contribution in [0.5, 0.6) is 0 Å². The van der Waals surface area contributed by atoms with E-state index in [1.807, 2.05) is 6.07 Å². The first-order valence-corrected chi connectivity index (χ1v) is 8.06. The van der Waals surface area contributed by atoms with Crippen molar-refractivity contribution < 1.29 is 0 Å². The molecular formula is C16H18BrNS. The fourth-order valence-electron chi connectivity index (χ4n) is 2.01. The van der Waals surface area contributed by atoms with Gasteiger partial charge in [0.05, 0.1) is 0 Å². The lowest BCUT2D eigenvalue weighted by Crippen LogP contribution is -2.14. The summed E-state index contributed by atoms with van der Waals surface area (Å²) in [6, 6.07) is 14.7. The SMILES string of the molecule is Cc1cccc(C(N)CSc2ccccc2Br)c1C. The van der Waals surface area contributed by atoms with Gasteiger partial charge < -0.3 is 5.73 Å². The average Bonchev–Trinajstić information content (AvgIpc) is 2.40. The van der Waals surface area contributed by atoms with Crippen molar-refractivity contribution in [3.8, 4) is 0 Å². The van der Waals surface area contributed by atoms with Gasteiger partial charge in [0.2, 0.25) is 0 Å². The molecule has 1 atom stereocenters. The van der Waals surface area contributed by atoms with Crippen LogP contribution < -0.4 is 5.73 Å². The van der Waals surface area contributed by atoms with Crippen LogP contribution in [-0.4, -0.2) is 5.75 Å². The first kappa shape index (κ1) is 14.6. The molecule has 19 heavy (non-hydrogen) atoms. The second-order valence-electron chi connectivity index (χ2n) is 4.64. The zero-order chi connectivity index (χ0) is 13.8. The Kier molecular flexibility index (Phi) is 5.08. The van der Waals surface area contributed by atoms with E-state index in [0.29, 0.717) is 0 Å². The van der Waals surface area contributed by atoms with Gasteiger partial charge in [0.15, 0.2) is 0 Å². The van der Waals surface area contributed by atoms with Crippen molar-refractivity contribution >= 4 is 27.7 Å². The van der Waals surface area contributed by atoms with Gasteiger partial charge in [0.1, 0.15) is 0 Å². The fourth-order valence-corrected chi connectivity index (χ4v) is 3.55. The summed E-state index contributed by atoms with van der Waals surface area (Å²) in [6.07, 6.45) is 0. The summed E-state index contributed by atoms with van der Waals surface area (Å²) < 4.78 is 1.13. The van der Waals surface area contributed by atoms with E-state index in [2.05, 4.69) is 66.2 Å². The van der Waals surface area contributed by atoms with Gasteiger partial charge in [-0.3, -0.25) is 0 Å². The lowest BCUT2D eigenvalue weighted by molar-refractivity contribution is 0.820. The minimum Gasteiger partial charge on any atom is -0.323 e. The maximum atomic E-state index is 6.33. The van der Waals surface area contributed by atoms with Crippen LogP contribution in [0.3, 0.4) is 0 Å². The number of halogens is 1. The summed E-state index contributed by atoms with van der Waals surface area (Å²) in [7, 11) is 0. The number of hydrogen-bond donors (Lipinski definition) is 1. The van der Waals surface area contributed by atoms with E-state index in [1.54, 1.807) is 11.8 Å². The molecule has 0 aliphatic carbocycles. The van der Waals surface area contributed by atoms with Gasteiger partial charge in [-0.1, -0.05) is 30.3 Å². The summed E-state index contributed by atoms with van der Waals surface area (Å²) >= 11 is 5.36. The average molecular weight is 336 g/mol. The fraction of sp³-hybridized carbons (Fsp3) is 0.250. The zero-order valence-electron chi connectivity index (χ0n) is 11.2. The zero-order valence-corrected chi connectivity index (χ0v) is 13.6. The summed E-state index contributed by atoms with van der Waals surface area (Å²) in [6.45, 7) is 4.28. The molecule has 2 rings (SSSR count). The topological polar surface area (TPSA) is 26.0 Å². The number of aryl methyl sites for hydroxylation is 1. The van der Waals surface area contributed by atoms with Crippen molar-refractivity contribution in [3.63, 3.8) is 0 Å². The van der Waals surface area contributed by atoms with Crippen molar-refractivity contribution in [1.82, 2.24) is 0 Å². The van der Waals surface area contributed by atoms with Gasteiger partial charge in [-0.25, -0.2) is 0 Å². The predicted octanol–water partition coefficient (Wildman–Crippen LogP) is 4.86. The van der Waals surface area contributed by atoms with Crippen molar-refractivity contribution in [2.45, 2.75) is 24.8 Å². The van der Waals surface area contributed by atoms with Crippen molar-refractivity contribution in [3.05, 3.63) is 63.6 Å². The Morgan fingerprint density at radius 3 is 2.58 bits per heavy atom. The van der Waals surface area contributed by atoms with Crippen LogP contribution in [0.2, 0.25) is 0 Å². The summed E-state index contributed by atoms with van der Waals surface area (Å²) in [4.78, 5) is 1.24. The number of hydrogen-bond acceptors (Lipinski definition) is 2. The molecule has 3 heteroatoms. The molecular weight excluding hydrogens is 318 g/mol. The molecule has 0 spiro atoms. The van der Waals surface area contributed by atoms with E-state index >= 15 is 0 Å². The monoisotopic (exact) mass is 335 g/mol. The molecule has 100 valence electrons. The van der Waals surface area contributed by atoms with Gasteiger partial charge in [-0.15, -0.1) is 11.8 Å². The maximum Gasteiger partial charge on any atom is 0.0393 e. The van der Waals surface area contributed by atoms with Crippen LogP contribution in [0.1, 0.15) is 22.7 Å². The third-order valence-electron chi connectivity index (χ3n) is 3.30. The Balaban J connectivity index is 2.08. The van der Waals surface area contributed by atoms with E-state index in [9.17, 15) is 0 Å². The highest BCUT2D eigenvalue weighted by molar-refractivity contribution is 9.10. The van der Waals surface area contributed by atoms with Crippen LogP contribution in [-0.2, 0) is 0 Å². The second-order valence-corrected chi connectivity index (χ2v) is 6.55. The van der Waals surface area contributed by atoms with Gasteiger partial charge in [-0.2, -0.15) is 0 Å². The predicted molar refractivity (Wildman–Crippen MR) is 87.7 cm³/mol. The Bertz CT molecular complexity index is 568. The number of benzene rings is 2. The highest BCUT2D eigenvalue weighted by Crippen LogP contribution is 2.30. The Labute approximate surface area is 127 Å². The van der Waals surface area contributed by atoms with Crippen LogP contribution in [0.25, 0.3) is 0 Å². The van der Waals surface area contributed by atoms with Gasteiger partial charge in [0.25, 0.3) is 0 Å². The van der Waals surface area contributed by atoms with Crippen molar-refractivity contribution in [2.24, 2.45) is 5.73 Å². The summed E-state index contributed by atoms with van der Waals surface area (Å²) in [5.41, 5.74) is 10.2.